The molecule has 0 saturated carbocycles. The Morgan fingerprint density at radius 3 is 1.88 bits per heavy atom. The molecule has 0 spiro atoms. The highest BCUT2D eigenvalue weighted by Gasteiger charge is 2.06. The Balaban J connectivity index is 0. The number of halogens is 4. The van der Waals surface area contributed by atoms with Gasteiger partial charge in [0.2, 0.25) is 0 Å². The number of aromatic nitrogens is 1. The van der Waals surface area contributed by atoms with E-state index in [0.29, 0.717) is 0 Å². The lowest BCUT2D eigenvalue weighted by molar-refractivity contribution is -0.586. The van der Waals surface area contributed by atoms with E-state index in [-0.39, 0.29) is 4.70 Å². The van der Waals surface area contributed by atoms with Crippen LogP contribution in [0.15, 0.2) is 24.5 Å². The Hall–Kier alpha value is -1.78. The molecule has 0 aliphatic rings. The number of hydrogen-bond acceptors (Lipinski definition) is 2. The lowest BCUT2D eigenvalue weighted by Gasteiger charge is -2.09. The van der Waals surface area contributed by atoms with E-state index in [0.717, 1.165) is 5.69 Å². The first-order chi connectivity index (χ1) is 6.97. The normalized spacial score (nSPS) is 7.75. The average molecular weight is 235 g/mol. The molecule has 0 bridgehead atoms. The molecule has 1 aromatic rings. The Labute approximate surface area is 91.3 Å². The van der Waals surface area contributed by atoms with Crippen LogP contribution in [0, 0.1) is 11.5 Å². The standard InChI is InChI=1S/C8H10N3.BF3.F/c1-10(2)8-3-5-11(7-9)6-4-8;2-1(3)4;/h3-6H,1-2H3;;/q+1;;. The smallest absolute Gasteiger partial charge is 0.377 e. The largest absolute Gasteiger partial charge is 0.762 e. The second-order valence-corrected chi connectivity index (χ2v) is 2.71. The van der Waals surface area contributed by atoms with Crippen LogP contribution in [0.1, 0.15) is 0 Å². The van der Waals surface area contributed by atoms with Crippen LogP contribution < -0.4 is 9.47 Å². The van der Waals surface area contributed by atoms with Crippen LogP contribution in [0.2, 0.25) is 0 Å². The van der Waals surface area contributed by atoms with E-state index in [9.17, 15) is 12.9 Å². The molecule has 1 rings (SSSR count). The van der Waals surface area contributed by atoms with Crippen LogP contribution in [0.25, 0.3) is 0 Å². The first kappa shape index (κ1) is 16.6. The molecule has 0 unspecified atom stereocenters. The summed E-state index contributed by atoms with van der Waals surface area (Å²) in [6.45, 7) is 0. The summed E-state index contributed by atoms with van der Waals surface area (Å²) in [6, 6.07) is 3.78. The minimum absolute atomic E-state index is 0. The highest BCUT2D eigenvalue weighted by atomic mass is 19.4. The van der Waals surface area contributed by atoms with Crippen LogP contribution in [0.4, 0.5) is 23.3 Å². The van der Waals surface area contributed by atoms with Gasteiger partial charge in [0.1, 0.15) is 12.4 Å². The molecule has 0 aliphatic carbocycles. The van der Waals surface area contributed by atoms with Gasteiger partial charge in [0.05, 0.1) is 0 Å². The molecule has 0 aliphatic heterocycles. The average Bonchev–Trinajstić information content (AvgIpc) is 2.17. The third-order valence-electron chi connectivity index (χ3n) is 1.44. The fourth-order valence-electron chi connectivity index (χ4n) is 0.783. The minimum Gasteiger partial charge on any atom is -0.377 e. The van der Waals surface area contributed by atoms with E-state index in [1.54, 1.807) is 12.4 Å². The number of nitriles is 1. The van der Waals surface area contributed by atoms with Crippen LogP contribution in [-0.4, -0.2) is 21.6 Å². The second kappa shape index (κ2) is 8.53. The number of rotatable bonds is 1. The Kier molecular flexibility index (Phi) is 8.87. The zero-order chi connectivity index (χ0) is 11.8. The van der Waals surface area contributed by atoms with Gasteiger partial charge in [0, 0.05) is 36.6 Å². The van der Waals surface area contributed by atoms with Gasteiger partial charge in [-0.15, -0.1) is 4.57 Å². The lowest BCUT2D eigenvalue weighted by atomic mass is 10.4. The molecule has 0 amide bonds. The third kappa shape index (κ3) is 7.61. The topological polar surface area (TPSA) is 30.9 Å². The molecule has 3 nitrogen and oxygen atoms in total. The van der Waals surface area contributed by atoms with E-state index in [1.807, 2.05) is 37.3 Å². The van der Waals surface area contributed by atoms with Crippen molar-refractivity contribution in [2.75, 3.05) is 19.0 Å². The van der Waals surface area contributed by atoms with E-state index in [2.05, 4.69) is 0 Å². The lowest BCUT2D eigenvalue weighted by Crippen LogP contribution is -2.26. The van der Waals surface area contributed by atoms with Crippen molar-refractivity contribution in [3.63, 3.8) is 0 Å². The van der Waals surface area contributed by atoms with Crippen LogP contribution in [0.5, 0.6) is 0 Å². The van der Waals surface area contributed by atoms with E-state index in [4.69, 9.17) is 5.26 Å². The maximum Gasteiger partial charge on any atom is 0.762 e. The van der Waals surface area contributed by atoms with Gasteiger partial charge in [0.25, 0.3) is 0 Å². The van der Waals surface area contributed by atoms with Crippen molar-refractivity contribution in [1.29, 1.82) is 5.26 Å². The summed E-state index contributed by atoms with van der Waals surface area (Å²) in [6.07, 6.45) is 5.45. The summed E-state index contributed by atoms with van der Waals surface area (Å²) in [4.78, 5) is 1.99. The molecule has 8 heteroatoms. The Morgan fingerprint density at radius 1 is 1.25 bits per heavy atom. The van der Waals surface area contributed by atoms with Crippen LogP contribution in [0.3, 0.4) is 0 Å². The quantitative estimate of drug-likeness (QED) is 0.421. The summed E-state index contributed by atoms with van der Waals surface area (Å²) < 4.78 is 30.5. The Bertz CT molecular complexity index is 320. The summed E-state index contributed by atoms with van der Waals surface area (Å²) in [5, 5.41) is 8.47. The number of pyridine rings is 1. The minimum atomic E-state index is -3.67. The van der Waals surface area contributed by atoms with Gasteiger partial charge < -0.3 is 4.90 Å². The third-order valence-corrected chi connectivity index (χ3v) is 1.44. The highest BCUT2D eigenvalue weighted by molar-refractivity contribution is 6.33. The zero-order valence-electron chi connectivity index (χ0n) is 8.74. The molecule has 1 aromatic heterocycles. The van der Waals surface area contributed by atoms with E-state index < -0.39 is 7.54 Å². The molecular weight excluding hydrogens is 225 g/mol. The zero-order valence-corrected chi connectivity index (χ0v) is 8.74. The molecule has 1 radical (unpaired) electrons. The summed E-state index contributed by atoms with van der Waals surface area (Å²) >= 11 is 0. The van der Waals surface area contributed by atoms with Gasteiger partial charge >= 0.3 is 13.7 Å². The van der Waals surface area contributed by atoms with Crippen LogP contribution in [-0.2, 0) is 0 Å². The number of hydrogen-bond donors (Lipinski definition) is 0. The first-order valence-corrected chi connectivity index (χ1v) is 3.98. The van der Waals surface area contributed by atoms with Gasteiger partial charge in [-0.3, -0.25) is 12.9 Å². The molecule has 0 N–H and O–H groups in total. The highest BCUT2D eigenvalue weighted by Crippen LogP contribution is 2.05. The van der Waals surface area contributed by atoms with Gasteiger partial charge in [-0.2, -0.15) is 0 Å². The van der Waals surface area contributed by atoms with E-state index in [1.165, 1.54) is 4.57 Å². The molecule has 0 fully saturated rings. The fraction of sp³-hybridized carbons (Fsp3) is 0.250. The predicted molar refractivity (Wildman–Crippen MR) is 52.2 cm³/mol. The summed E-state index contributed by atoms with van der Waals surface area (Å²) in [5.74, 6) is 0. The fourth-order valence-corrected chi connectivity index (χ4v) is 0.783. The van der Waals surface area contributed by atoms with Gasteiger partial charge in [0.15, 0.2) is 5.26 Å². The van der Waals surface area contributed by atoms with Crippen molar-refractivity contribution in [1.82, 2.24) is 0 Å². The van der Waals surface area contributed by atoms with Crippen molar-refractivity contribution < 1.29 is 22.2 Å². The molecule has 87 valence electrons. The van der Waals surface area contributed by atoms with Crippen molar-refractivity contribution in [3.05, 3.63) is 24.5 Å². The molecule has 0 atom stereocenters. The molecule has 1 heterocycles. The maximum absolute atomic E-state index is 9.67. The van der Waals surface area contributed by atoms with Crippen molar-refractivity contribution >= 4 is 13.2 Å². The van der Waals surface area contributed by atoms with Gasteiger partial charge in [-0.25, -0.2) is 0 Å². The second-order valence-electron chi connectivity index (χ2n) is 2.71. The first-order valence-electron chi connectivity index (χ1n) is 3.98. The monoisotopic (exact) mass is 235 g/mol. The summed E-state index contributed by atoms with van der Waals surface area (Å²) in [5.41, 5.74) is 1.09. The van der Waals surface area contributed by atoms with Gasteiger partial charge in [-0.1, -0.05) is 0 Å². The maximum atomic E-state index is 9.67. The molecule has 0 aromatic carbocycles. The van der Waals surface area contributed by atoms with Gasteiger partial charge in [-0.05, 0) is 0 Å². The molecule has 0 saturated heterocycles. The number of anilines is 1. The Morgan fingerprint density at radius 2 is 1.62 bits per heavy atom. The molecular formula is C8H10BF4N3+. The SMILES string of the molecule is CN(C)c1cc[n+](C#N)cc1.FB(F)F.[F]. The number of nitrogens with zero attached hydrogens (tertiary/aromatic N) is 3. The summed E-state index contributed by atoms with van der Waals surface area (Å²) in [7, 11) is 0.262. The van der Waals surface area contributed by atoms with Crippen molar-refractivity contribution in [3.8, 4) is 6.19 Å². The molecule has 16 heavy (non-hydrogen) atoms. The van der Waals surface area contributed by atoms with E-state index >= 15 is 0 Å². The predicted octanol–water partition coefficient (Wildman–Crippen LogP) is 1.67. The van der Waals surface area contributed by atoms with Crippen LogP contribution >= 0.6 is 0 Å². The van der Waals surface area contributed by atoms with Crippen molar-refractivity contribution in [2.45, 2.75) is 0 Å². The van der Waals surface area contributed by atoms with Crippen molar-refractivity contribution in [2.24, 2.45) is 0 Å².